The van der Waals surface area contributed by atoms with Crippen LogP contribution in [0.3, 0.4) is 0 Å². The summed E-state index contributed by atoms with van der Waals surface area (Å²) in [6, 6.07) is 29.3. The van der Waals surface area contributed by atoms with E-state index < -0.39 is 0 Å². The molecular formula is C28H17N3O. The summed E-state index contributed by atoms with van der Waals surface area (Å²) >= 11 is 0. The van der Waals surface area contributed by atoms with Crippen molar-refractivity contribution in [3.63, 3.8) is 0 Å². The van der Waals surface area contributed by atoms with Crippen molar-refractivity contribution in [1.82, 2.24) is 14.5 Å². The molecule has 0 atom stereocenters. The average Bonchev–Trinajstić information content (AvgIpc) is 3.46. The summed E-state index contributed by atoms with van der Waals surface area (Å²) in [7, 11) is 0. The zero-order chi connectivity index (χ0) is 21.1. The lowest BCUT2D eigenvalue weighted by molar-refractivity contribution is 0.616. The van der Waals surface area contributed by atoms with Crippen LogP contribution in [0, 0.1) is 0 Å². The summed E-state index contributed by atoms with van der Waals surface area (Å²) in [5, 5.41) is 4.50. The molecule has 0 unspecified atom stereocenters. The van der Waals surface area contributed by atoms with Crippen molar-refractivity contribution < 1.29 is 4.42 Å². The van der Waals surface area contributed by atoms with Crippen molar-refractivity contribution in [3.05, 3.63) is 104 Å². The molecule has 0 N–H and O–H groups in total. The molecule has 0 aliphatic carbocycles. The van der Waals surface area contributed by atoms with E-state index in [1.54, 1.807) is 12.5 Å². The third-order valence-corrected chi connectivity index (χ3v) is 6.18. The van der Waals surface area contributed by atoms with Crippen molar-refractivity contribution in [1.29, 1.82) is 0 Å². The zero-order valence-electron chi connectivity index (χ0n) is 17.1. The predicted octanol–water partition coefficient (Wildman–Crippen LogP) is 7.14. The second kappa shape index (κ2) is 6.53. The molecule has 0 saturated carbocycles. The highest BCUT2D eigenvalue weighted by Crippen LogP contribution is 2.38. The molecule has 0 aliphatic heterocycles. The van der Waals surface area contributed by atoms with Gasteiger partial charge in [-0.05, 0) is 47.5 Å². The molecule has 4 heterocycles. The average molecular weight is 411 g/mol. The van der Waals surface area contributed by atoms with Gasteiger partial charge in [0.05, 0.1) is 22.8 Å². The Hall–Kier alpha value is -4.44. The number of para-hydroxylation sites is 1. The number of nitrogens with zero attached hydrogens (tertiary/aromatic N) is 3. The summed E-state index contributed by atoms with van der Waals surface area (Å²) in [6.07, 6.45) is 5.45. The van der Waals surface area contributed by atoms with Crippen LogP contribution in [0.15, 0.2) is 108 Å². The highest BCUT2D eigenvalue weighted by Gasteiger charge is 2.18. The van der Waals surface area contributed by atoms with E-state index in [2.05, 4.69) is 70.2 Å². The maximum Gasteiger partial charge on any atom is 0.138 e. The van der Waals surface area contributed by atoms with Crippen molar-refractivity contribution >= 4 is 43.7 Å². The van der Waals surface area contributed by atoms with Gasteiger partial charge in [-0.25, -0.2) is 4.98 Å². The third kappa shape index (κ3) is 2.38. The minimum Gasteiger partial charge on any atom is -0.464 e. The minimum atomic E-state index is 0.870. The lowest BCUT2D eigenvalue weighted by Gasteiger charge is -2.13. The molecule has 7 aromatic rings. The van der Waals surface area contributed by atoms with Crippen LogP contribution in [-0.4, -0.2) is 14.5 Å². The van der Waals surface area contributed by atoms with Gasteiger partial charge in [-0.2, -0.15) is 0 Å². The highest BCUT2D eigenvalue weighted by atomic mass is 16.3. The van der Waals surface area contributed by atoms with E-state index in [1.165, 1.54) is 10.8 Å². The molecule has 0 spiro atoms. The quantitative estimate of drug-likeness (QED) is 0.304. The molecule has 4 heteroatoms. The van der Waals surface area contributed by atoms with Gasteiger partial charge in [-0.15, -0.1) is 0 Å². The van der Waals surface area contributed by atoms with Crippen molar-refractivity contribution in [3.8, 4) is 16.9 Å². The zero-order valence-corrected chi connectivity index (χ0v) is 17.1. The molecule has 3 aromatic carbocycles. The van der Waals surface area contributed by atoms with Crippen LogP contribution in [0.1, 0.15) is 0 Å². The standard InChI is InChI=1S/C28H17N3O/c1-2-6-18(7-3-1)22-16-27(30-24-12-14-29-17-23(22)24)31-25-9-5-4-8-19(25)20-10-11-26-21(28(20)31)13-15-32-26/h1-17H. The van der Waals surface area contributed by atoms with Crippen LogP contribution in [0.25, 0.3) is 60.6 Å². The van der Waals surface area contributed by atoms with Crippen LogP contribution >= 0.6 is 0 Å². The summed E-state index contributed by atoms with van der Waals surface area (Å²) in [5.41, 5.74) is 6.28. The number of hydrogen-bond donors (Lipinski definition) is 0. The van der Waals surface area contributed by atoms with E-state index >= 15 is 0 Å². The number of aromatic nitrogens is 3. The second-order valence-electron chi connectivity index (χ2n) is 7.93. The molecule has 32 heavy (non-hydrogen) atoms. The number of pyridine rings is 2. The Kier molecular flexibility index (Phi) is 3.52. The largest absolute Gasteiger partial charge is 0.464 e. The Morgan fingerprint density at radius 1 is 0.719 bits per heavy atom. The Labute approximate surface area is 183 Å². The summed E-state index contributed by atoms with van der Waals surface area (Å²) in [4.78, 5) is 9.45. The maximum atomic E-state index is 5.73. The summed E-state index contributed by atoms with van der Waals surface area (Å²) in [6.45, 7) is 0. The number of fused-ring (bicyclic) bond motifs is 6. The van der Waals surface area contributed by atoms with Crippen LogP contribution < -0.4 is 0 Å². The summed E-state index contributed by atoms with van der Waals surface area (Å²) < 4.78 is 7.99. The predicted molar refractivity (Wildman–Crippen MR) is 129 cm³/mol. The highest BCUT2D eigenvalue weighted by molar-refractivity contribution is 6.17. The van der Waals surface area contributed by atoms with Gasteiger partial charge in [0, 0.05) is 33.9 Å². The smallest absolute Gasteiger partial charge is 0.138 e. The molecule has 0 amide bonds. The van der Waals surface area contributed by atoms with Gasteiger partial charge in [0.1, 0.15) is 11.4 Å². The first-order valence-corrected chi connectivity index (χ1v) is 10.6. The van der Waals surface area contributed by atoms with Crippen molar-refractivity contribution in [2.24, 2.45) is 0 Å². The van der Waals surface area contributed by atoms with Gasteiger partial charge in [-0.3, -0.25) is 9.55 Å². The van der Waals surface area contributed by atoms with E-state index in [1.807, 2.05) is 30.5 Å². The fraction of sp³-hybridized carbons (Fsp3) is 0. The van der Waals surface area contributed by atoms with E-state index in [0.717, 1.165) is 49.9 Å². The van der Waals surface area contributed by atoms with Gasteiger partial charge in [0.2, 0.25) is 0 Å². The molecule has 0 bridgehead atoms. The van der Waals surface area contributed by atoms with E-state index in [9.17, 15) is 0 Å². The van der Waals surface area contributed by atoms with Crippen LogP contribution in [0.5, 0.6) is 0 Å². The monoisotopic (exact) mass is 411 g/mol. The van der Waals surface area contributed by atoms with E-state index in [-0.39, 0.29) is 0 Å². The lowest BCUT2D eigenvalue weighted by atomic mass is 10.0. The fourth-order valence-corrected chi connectivity index (χ4v) is 4.77. The van der Waals surface area contributed by atoms with Crippen LogP contribution in [0.4, 0.5) is 0 Å². The normalized spacial score (nSPS) is 11.8. The first-order chi connectivity index (χ1) is 15.9. The minimum absolute atomic E-state index is 0.870. The van der Waals surface area contributed by atoms with Crippen LogP contribution in [0.2, 0.25) is 0 Å². The Bertz CT molecular complexity index is 1780. The molecule has 150 valence electrons. The molecule has 7 rings (SSSR count). The van der Waals surface area contributed by atoms with Gasteiger partial charge in [0.25, 0.3) is 0 Å². The molecule has 0 fully saturated rings. The third-order valence-electron chi connectivity index (χ3n) is 6.18. The van der Waals surface area contributed by atoms with Gasteiger partial charge < -0.3 is 4.42 Å². The topological polar surface area (TPSA) is 43.9 Å². The second-order valence-corrected chi connectivity index (χ2v) is 7.93. The van der Waals surface area contributed by atoms with Gasteiger partial charge in [-0.1, -0.05) is 48.5 Å². The number of rotatable bonds is 2. The van der Waals surface area contributed by atoms with Crippen molar-refractivity contribution in [2.75, 3.05) is 0 Å². The number of hydrogen-bond acceptors (Lipinski definition) is 3. The first kappa shape index (κ1) is 17.3. The van der Waals surface area contributed by atoms with Crippen LogP contribution in [-0.2, 0) is 0 Å². The molecule has 0 aliphatic rings. The molecule has 4 aromatic heterocycles. The molecule has 0 saturated heterocycles. The lowest BCUT2D eigenvalue weighted by Crippen LogP contribution is -1.99. The van der Waals surface area contributed by atoms with Gasteiger partial charge >= 0.3 is 0 Å². The summed E-state index contributed by atoms with van der Waals surface area (Å²) in [5.74, 6) is 0.877. The van der Waals surface area contributed by atoms with E-state index in [4.69, 9.17) is 9.40 Å². The molecule has 0 radical (unpaired) electrons. The Morgan fingerprint density at radius 2 is 1.59 bits per heavy atom. The maximum absolute atomic E-state index is 5.73. The molecular weight excluding hydrogens is 394 g/mol. The fourth-order valence-electron chi connectivity index (χ4n) is 4.77. The Balaban J connectivity index is 1.67. The number of benzene rings is 3. The first-order valence-electron chi connectivity index (χ1n) is 10.6. The number of furan rings is 1. The van der Waals surface area contributed by atoms with E-state index in [0.29, 0.717) is 0 Å². The van der Waals surface area contributed by atoms with Gasteiger partial charge in [0.15, 0.2) is 0 Å². The Morgan fingerprint density at radius 3 is 2.53 bits per heavy atom. The SMILES string of the molecule is c1ccc(-c2cc(-n3c4ccccc4c4ccc5occc5c43)nc3ccncc23)cc1. The van der Waals surface area contributed by atoms with Crippen molar-refractivity contribution in [2.45, 2.75) is 0 Å². The molecule has 4 nitrogen and oxygen atoms in total.